The Bertz CT molecular complexity index is 634. The standard InChI is InChI=1S/C10H8F6N4O2/c1-19-5(4-6(18-19)9(11,12)13)7(21)20-8(22,2-3-17-20)10(14,15)16/h3-4,22H,2H2,1H3/t8-/m0/s1. The first kappa shape index (κ1) is 16.3. The van der Waals surface area contributed by atoms with Crippen LogP contribution in [-0.2, 0) is 13.2 Å². The van der Waals surface area contributed by atoms with Crippen LogP contribution in [0.25, 0.3) is 0 Å². The molecule has 1 aliphatic heterocycles. The number of aliphatic hydroxyl groups is 1. The Hall–Kier alpha value is -2.11. The summed E-state index contributed by atoms with van der Waals surface area (Å²) in [5, 5.41) is 15.4. The van der Waals surface area contributed by atoms with E-state index in [-0.39, 0.29) is 11.1 Å². The first-order valence-corrected chi connectivity index (χ1v) is 5.65. The van der Waals surface area contributed by atoms with E-state index in [0.717, 1.165) is 7.05 Å². The fourth-order valence-corrected chi connectivity index (χ4v) is 1.80. The Labute approximate surface area is 118 Å². The smallest absolute Gasteiger partial charge is 0.362 e. The molecule has 12 heteroatoms. The molecule has 122 valence electrons. The number of amides is 1. The van der Waals surface area contributed by atoms with Crippen LogP contribution in [-0.4, -0.2) is 43.9 Å². The van der Waals surface area contributed by atoms with Gasteiger partial charge in [-0.2, -0.15) is 41.6 Å². The number of alkyl halides is 6. The average molecular weight is 330 g/mol. The maximum Gasteiger partial charge on any atom is 0.438 e. The van der Waals surface area contributed by atoms with Crippen molar-refractivity contribution in [2.45, 2.75) is 24.5 Å². The minimum Gasteiger partial charge on any atom is -0.362 e. The van der Waals surface area contributed by atoms with E-state index in [9.17, 15) is 36.2 Å². The molecule has 0 spiro atoms. The van der Waals surface area contributed by atoms with Crippen molar-refractivity contribution in [3.05, 3.63) is 17.5 Å². The first-order valence-electron chi connectivity index (χ1n) is 5.65. The van der Waals surface area contributed by atoms with Gasteiger partial charge >= 0.3 is 12.4 Å². The summed E-state index contributed by atoms with van der Waals surface area (Å²) < 4.78 is 76.5. The van der Waals surface area contributed by atoms with Gasteiger partial charge in [-0.1, -0.05) is 0 Å². The third-order valence-corrected chi connectivity index (χ3v) is 2.96. The van der Waals surface area contributed by atoms with Crippen LogP contribution >= 0.6 is 0 Å². The molecule has 0 fully saturated rings. The van der Waals surface area contributed by atoms with E-state index in [0.29, 0.717) is 10.9 Å². The lowest BCUT2D eigenvalue weighted by Crippen LogP contribution is -2.56. The Kier molecular flexibility index (Phi) is 3.47. The summed E-state index contributed by atoms with van der Waals surface area (Å²) in [7, 11) is 0.953. The second-order valence-electron chi connectivity index (χ2n) is 4.47. The van der Waals surface area contributed by atoms with E-state index in [1.165, 1.54) is 0 Å². The average Bonchev–Trinajstić information content (AvgIpc) is 2.91. The number of nitrogens with zero attached hydrogens (tertiary/aromatic N) is 4. The molecule has 0 unspecified atom stereocenters. The van der Waals surface area contributed by atoms with Crippen molar-refractivity contribution in [1.82, 2.24) is 14.8 Å². The first-order chi connectivity index (χ1) is 9.88. The number of aryl methyl sites for hydroxylation is 1. The van der Waals surface area contributed by atoms with Crippen LogP contribution in [0.4, 0.5) is 26.3 Å². The van der Waals surface area contributed by atoms with Crippen molar-refractivity contribution in [3.8, 4) is 0 Å². The zero-order chi connectivity index (χ0) is 16.9. The maximum atomic E-state index is 12.8. The molecule has 1 amide bonds. The molecule has 1 N–H and O–H groups in total. The van der Waals surface area contributed by atoms with Crippen LogP contribution in [0.2, 0.25) is 0 Å². The van der Waals surface area contributed by atoms with Gasteiger partial charge in [0, 0.05) is 25.7 Å². The Balaban J connectivity index is 2.41. The number of hydrogen-bond acceptors (Lipinski definition) is 4. The highest BCUT2D eigenvalue weighted by Gasteiger charge is 2.62. The van der Waals surface area contributed by atoms with Gasteiger partial charge in [0.2, 0.25) is 0 Å². The van der Waals surface area contributed by atoms with Crippen molar-refractivity contribution in [1.29, 1.82) is 0 Å². The molecule has 1 aliphatic rings. The molecule has 0 bridgehead atoms. The lowest BCUT2D eigenvalue weighted by Gasteiger charge is -2.32. The topological polar surface area (TPSA) is 70.7 Å². The highest BCUT2D eigenvalue weighted by molar-refractivity contribution is 5.94. The van der Waals surface area contributed by atoms with E-state index >= 15 is 0 Å². The Morgan fingerprint density at radius 3 is 2.36 bits per heavy atom. The summed E-state index contributed by atoms with van der Waals surface area (Å²) in [6, 6.07) is 0.285. The minimum absolute atomic E-state index is 0.285. The number of carbonyl (C=O) groups excluding carboxylic acids is 1. The summed E-state index contributed by atoms with van der Waals surface area (Å²) in [5.74, 6) is -1.56. The molecule has 2 rings (SSSR count). The largest absolute Gasteiger partial charge is 0.438 e. The molecule has 0 saturated heterocycles. The fraction of sp³-hybridized carbons (Fsp3) is 0.500. The van der Waals surface area contributed by atoms with Crippen molar-refractivity contribution >= 4 is 12.1 Å². The summed E-state index contributed by atoms with van der Waals surface area (Å²) >= 11 is 0. The Morgan fingerprint density at radius 2 is 1.91 bits per heavy atom. The third-order valence-electron chi connectivity index (χ3n) is 2.96. The Morgan fingerprint density at radius 1 is 1.32 bits per heavy atom. The number of rotatable bonds is 1. The molecule has 2 heterocycles. The molecule has 0 aromatic carbocycles. The van der Waals surface area contributed by atoms with Crippen molar-refractivity contribution in [2.24, 2.45) is 12.1 Å². The second-order valence-corrected chi connectivity index (χ2v) is 4.47. The zero-order valence-electron chi connectivity index (χ0n) is 10.8. The van der Waals surface area contributed by atoms with Gasteiger partial charge in [-0.25, -0.2) is 0 Å². The maximum absolute atomic E-state index is 12.8. The summed E-state index contributed by atoms with van der Waals surface area (Å²) in [4.78, 5) is 12.0. The molecule has 0 aliphatic carbocycles. The van der Waals surface area contributed by atoms with E-state index in [1.54, 1.807) is 0 Å². The van der Waals surface area contributed by atoms with E-state index in [2.05, 4.69) is 10.2 Å². The summed E-state index contributed by atoms with van der Waals surface area (Å²) in [6.07, 6.45) is -10.5. The van der Waals surface area contributed by atoms with Crippen LogP contribution in [0, 0.1) is 0 Å². The summed E-state index contributed by atoms with van der Waals surface area (Å²) in [5.41, 5.74) is -5.85. The van der Waals surface area contributed by atoms with Gasteiger partial charge in [-0.15, -0.1) is 0 Å². The molecule has 0 radical (unpaired) electrons. The van der Waals surface area contributed by atoms with Crippen LogP contribution < -0.4 is 0 Å². The SMILES string of the molecule is Cn1nc(C(F)(F)F)cc1C(=O)N1N=CC[C@]1(O)C(F)(F)F. The van der Waals surface area contributed by atoms with Crippen LogP contribution in [0.5, 0.6) is 0 Å². The monoisotopic (exact) mass is 330 g/mol. The summed E-state index contributed by atoms with van der Waals surface area (Å²) in [6.45, 7) is 0. The van der Waals surface area contributed by atoms with Crippen LogP contribution in [0.1, 0.15) is 22.6 Å². The molecule has 1 aromatic rings. The van der Waals surface area contributed by atoms with E-state index in [1.807, 2.05) is 0 Å². The predicted molar refractivity (Wildman–Crippen MR) is 58.5 cm³/mol. The van der Waals surface area contributed by atoms with E-state index < -0.39 is 41.8 Å². The van der Waals surface area contributed by atoms with Crippen LogP contribution in [0.3, 0.4) is 0 Å². The fourth-order valence-electron chi connectivity index (χ4n) is 1.80. The third kappa shape index (κ3) is 2.42. The van der Waals surface area contributed by atoms with Crippen molar-refractivity contribution in [3.63, 3.8) is 0 Å². The molecule has 1 atom stereocenters. The number of carbonyl (C=O) groups is 1. The van der Waals surface area contributed by atoms with Gasteiger partial charge in [0.1, 0.15) is 5.69 Å². The van der Waals surface area contributed by atoms with Gasteiger partial charge in [-0.05, 0) is 0 Å². The highest BCUT2D eigenvalue weighted by atomic mass is 19.4. The molecule has 1 aromatic heterocycles. The predicted octanol–water partition coefficient (Wildman–Crippen LogP) is 1.52. The molecular formula is C10H8F6N4O2. The number of hydrogen-bond donors (Lipinski definition) is 1. The van der Waals surface area contributed by atoms with Gasteiger partial charge in [-0.3, -0.25) is 9.48 Å². The highest BCUT2D eigenvalue weighted by Crippen LogP contribution is 2.39. The quantitative estimate of drug-likeness (QED) is 0.794. The molecule has 22 heavy (non-hydrogen) atoms. The molecular weight excluding hydrogens is 322 g/mol. The van der Waals surface area contributed by atoms with Crippen molar-refractivity contribution < 1.29 is 36.2 Å². The zero-order valence-corrected chi connectivity index (χ0v) is 10.8. The van der Waals surface area contributed by atoms with Crippen molar-refractivity contribution in [2.75, 3.05) is 0 Å². The normalized spacial score (nSPS) is 22.5. The number of hydrazone groups is 1. The minimum atomic E-state index is -5.23. The van der Waals surface area contributed by atoms with Gasteiger partial charge < -0.3 is 5.11 Å². The van der Waals surface area contributed by atoms with Gasteiger partial charge in [0.25, 0.3) is 11.6 Å². The van der Waals surface area contributed by atoms with Gasteiger partial charge in [0.15, 0.2) is 5.69 Å². The lowest BCUT2D eigenvalue weighted by atomic mass is 10.1. The van der Waals surface area contributed by atoms with E-state index in [4.69, 9.17) is 0 Å². The number of halogens is 6. The van der Waals surface area contributed by atoms with Gasteiger partial charge in [0.05, 0.1) is 0 Å². The second kappa shape index (κ2) is 4.69. The van der Waals surface area contributed by atoms with Crippen LogP contribution in [0.15, 0.2) is 11.2 Å². The lowest BCUT2D eigenvalue weighted by molar-refractivity contribution is -0.297. The molecule has 0 saturated carbocycles. The number of aromatic nitrogens is 2. The molecule has 6 nitrogen and oxygen atoms in total.